The van der Waals surface area contributed by atoms with Crippen molar-refractivity contribution in [2.24, 2.45) is 0 Å². The molecule has 1 aliphatic heterocycles. The maximum atomic E-state index is 13.5. The number of anilines is 4. The van der Waals surface area contributed by atoms with E-state index in [1.807, 2.05) is 85.8 Å². The Kier molecular flexibility index (Phi) is 11.7. The number of β-amino-alcohol motifs (C(OH)–C–C–N with tert-alkyl or cyclic N) is 1. The number of ether oxygens (including phenoxy) is 1. The number of nitrogens with zero attached hydrogens (tertiary/aromatic N) is 6. The number of urea groups is 1. The smallest absolute Gasteiger partial charge is 0.324 e. The molecule has 0 aliphatic carbocycles. The molecule has 6 aromatic rings. The zero-order valence-electron chi connectivity index (χ0n) is 32.6. The minimum absolute atomic E-state index is 0.0646. The van der Waals surface area contributed by atoms with Crippen LogP contribution in [0.2, 0.25) is 0 Å². The van der Waals surface area contributed by atoms with Crippen LogP contribution in [0.3, 0.4) is 0 Å². The highest BCUT2D eigenvalue weighted by Crippen LogP contribution is 2.33. The Morgan fingerprint density at radius 1 is 0.877 bits per heavy atom. The third-order valence-electron chi connectivity index (χ3n) is 9.83. The van der Waals surface area contributed by atoms with Crippen LogP contribution in [0.15, 0.2) is 97.5 Å². The van der Waals surface area contributed by atoms with Gasteiger partial charge < -0.3 is 30.7 Å². The third-order valence-corrected chi connectivity index (χ3v) is 9.83. The number of carbonyl (C=O) groups is 2. The number of aryl methyl sites for hydroxylation is 1. The van der Waals surface area contributed by atoms with Crippen molar-refractivity contribution in [2.45, 2.75) is 58.6 Å². The summed E-state index contributed by atoms with van der Waals surface area (Å²) >= 11 is 0. The van der Waals surface area contributed by atoms with Crippen LogP contribution in [-0.4, -0.2) is 79.0 Å². The van der Waals surface area contributed by atoms with Crippen molar-refractivity contribution in [1.82, 2.24) is 34.9 Å². The number of benzene rings is 3. The molecule has 0 unspecified atom stereocenters. The van der Waals surface area contributed by atoms with Crippen LogP contribution in [0.1, 0.15) is 60.9 Å². The molecular formula is C43H48N10O4. The SMILES string of the molecule is Cc1ccc(-n2nc(C(C)(C)C)cc2NC(=O)Nc2ccc(OCc3ccnc(Nc4cnc(C(=O)NC5CCN(CCO)CC5)cn4)c3)c3ccccc23)cc1. The van der Waals surface area contributed by atoms with E-state index >= 15 is 0 Å². The van der Waals surface area contributed by atoms with Gasteiger partial charge >= 0.3 is 6.03 Å². The molecule has 0 bridgehead atoms. The van der Waals surface area contributed by atoms with Crippen molar-refractivity contribution in [1.29, 1.82) is 0 Å². The largest absolute Gasteiger partial charge is 0.488 e. The lowest BCUT2D eigenvalue weighted by molar-refractivity contribution is 0.0897. The fraction of sp³-hybridized carbons (Fsp3) is 0.302. The van der Waals surface area contributed by atoms with Gasteiger partial charge in [0.05, 0.1) is 36.1 Å². The number of hydrogen-bond acceptors (Lipinski definition) is 10. The number of hydrogen-bond donors (Lipinski definition) is 5. The monoisotopic (exact) mass is 768 g/mol. The van der Waals surface area contributed by atoms with E-state index in [1.165, 1.54) is 12.4 Å². The van der Waals surface area contributed by atoms with E-state index in [0.29, 0.717) is 35.4 Å². The molecule has 1 fully saturated rings. The van der Waals surface area contributed by atoms with Gasteiger partial charge in [-0.25, -0.2) is 24.4 Å². The number of rotatable bonds is 12. The number of carbonyl (C=O) groups excluding carboxylic acids is 2. The lowest BCUT2D eigenvalue weighted by atomic mass is 9.92. The molecule has 3 amide bonds. The van der Waals surface area contributed by atoms with Crippen molar-refractivity contribution in [3.05, 3.63) is 120 Å². The number of fused-ring (bicyclic) bond motifs is 1. The van der Waals surface area contributed by atoms with E-state index in [2.05, 4.69) is 61.9 Å². The van der Waals surface area contributed by atoms with E-state index in [1.54, 1.807) is 10.9 Å². The number of aliphatic hydroxyl groups is 1. The minimum atomic E-state index is -0.395. The highest BCUT2D eigenvalue weighted by molar-refractivity contribution is 6.07. The normalized spacial score (nSPS) is 13.6. The van der Waals surface area contributed by atoms with Crippen LogP contribution in [-0.2, 0) is 12.0 Å². The Bertz CT molecular complexity index is 2330. The first-order chi connectivity index (χ1) is 27.5. The zero-order chi connectivity index (χ0) is 39.9. The number of pyridine rings is 1. The fourth-order valence-electron chi connectivity index (χ4n) is 6.63. The second kappa shape index (κ2) is 17.2. The number of amides is 3. The Balaban J connectivity index is 0.975. The molecule has 1 aliphatic rings. The summed E-state index contributed by atoms with van der Waals surface area (Å²) in [7, 11) is 0. The molecule has 0 atom stereocenters. The minimum Gasteiger partial charge on any atom is -0.488 e. The predicted molar refractivity (Wildman–Crippen MR) is 221 cm³/mol. The van der Waals surface area contributed by atoms with Crippen LogP contribution >= 0.6 is 0 Å². The van der Waals surface area contributed by atoms with Crippen LogP contribution in [0, 0.1) is 6.92 Å². The van der Waals surface area contributed by atoms with Gasteiger partial charge in [0.1, 0.15) is 35.5 Å². The molecular weight excluding hydrogens is 721 g/mol. The topological polar surface area (TPSA) is 171 Å². The van der Waals surface area contributed by atoms with Gasteiger partial charge in [0, 0.05) is 54.1 Å². The van der Waals surface area contributed by atoms with Crippen molar-refractivity contribution in [2.75, 3.05) is 42.2 Å². The molecule has 3 aromatic heterocycles. The van der Waals surface area contributed by atoms with Crippen LogP contribution < -0.4 is 26.0 Å². The molecule has 294 valence electrons. The molecule has 5 N–H and O–H groups in total. The van der Waals surface area contributed by atoms with Gasteiger partial charge in [0.25, 0.3) is 5.91 Å². The predicted octanol–water partition coefficient (Wildman–Crippen LogP) is 6.97. The van der Waals surface area contributed by atoms with E-state index in [9.17, 15) is 9.59 Å². The summed E-state index contributed by atoms with van der Waals surface area (Å²) < 4.78 is 8.07. The second-order valence-corrected chi connectivity index (χ2v) is 15.2. The van der Waals surface area contributed by atoms with Gasteiger partial charge in [-0.2, -0.15) is 5.10 Å². The summed E-state index contributed by atoms with van der Waals surface area (Å²) in [5, 5.41) is 27.9. The molecule has 0 radical (unpaired) electrons. The number of aromatic nitrogens is 5. The van der Waals surface area contributed by atoms with E-state index in [-0.39, 0.29) is 36.3 Å². The summed E-state index contributed by atoms with van der Waals surface area (Å²) in [6, 6.07) is 24.7. The Hall–Kier alpha value is -6.38. The number of nitrogens with one attached hydrogen (secondary N) is 4. The van der Waals surface area contributed by atoms with Crippen LogP contribution in [0.5, 0.6) is 5.75 Å². The highest BCUT2D eigenvalue weighted by Gasteiger charge is 2.23. The van der Waals surface area contributed by atoms with E-state index in [0.717, 1.165) is 59.2 Å². The quantitative estimate of drug-likeness (QED) is 0.0876. The third kappa shape index (κ3) is 9.72. The molecule has 0 saturated carbocycles. The first-order valence-electron chi connectivity index (χ1n) is 19.1. The van der Waals surface area contributed by atoms with Gasteiger partial charge in [-0.1, -0.05) is 62.7 Å². The average Bonchev–Trinajstić information content (AvgIpc) is 3.63. The van der Waals surface area contributed by atoms with Crippen molar-refractivity contribution in [3.63, 3.8) is 0 Å². The first-order valence-corrected chi connectivity index (χ1v) is 19.1. The van der Waals surface area contributed by atoms with Crippen molar-refractivity contribution < 1.29 is 19.4 Å². The first kappa shape index (κ1) is 38.9. The molecule has 0 spiro atoms. The molecule has 1 saturated heterocycles. The maximum Gasteiger partial charge on any atom is 0.324 e. The van der Waals surface area contributed by atoms with Gasteiger partial charge in [0.2, 0.25) is 0 Å². The molecule has 14 heteroatoms. The standard InChI is InChI=1S/C43H48N10O4/c1-28-9-11-31(12-10-28)53-40(24-37(51-53)43(2,3)4)50-42(56)48-34-13-14-36(33-8-6-5-7-32(33)34)57-27-29-15-18-44-38(23-29)49-39-26-45-35(25-46-39)41(55)47-30-16-19-52(20-17-30)21-22-54/h5-15,18,23-26,30,54H,16-17,19-22,27H2,1-4H3,(H,47,55)(H,44,46,49)(H2,48,50,56). The molecule has 4 heterocycles. The molecule has 7 rings (SSSR count). The van der Waals surface area contributed by atoms with Crippen LogP contribution in [0.4, 0.5) is 27.9 Å². The molecule has 14 nitrogen and oxygen atoms in total. The van der Waals surface area contributed by atoms with Crippen molar-refractivity contribution >= 4 is 45.9 Å². The van der Waals surface area contributed by atoms with Crippen molar-refractivity contribution in [3.8, 4) is 11.4 Å². The Labute approximate surface area is 331 Å². The molecule has 3 aromatic carbocycles. The van der Waals surface area contributed by atoms with Gasteiger partial charge in [0.15, 0.2) is 0 Å². The summed E-state index contributed by atoms with van der Waals surface area (Å²) in [4.78, 5) is 41.6. The highest BCUT2D eigenvalue weighted by atomic mass is 16.5. The summed E-state index contributed by atoms with van der Waals surface area (Å²) in [6.45, 7) is 11.0. The average molecular weight is 769 g/mol. The number of piperidine rings is 1. The second-order valence-electron chi connectivity index (χ2n) is 15.2. The Morgan fingerprint density at radius 3 is 2.37 bits per heavy atom. The van der Waals surface area contributed by atoms with Gasteiger partial charge in [-0.15, -0.1) is 0 Å². The van der Waals surface area contributed by atoms with Gasteiger partial charge in [-0.05, 0) is 61.7 Å². The lowest BCUT2D eigenvalue weighted by Gasteiger charge is -2.31. The zero-order valence-corrected chi connectivity index (χ0v) is 32.6. The maximum absolute atomic E-state index is 13.5. The number of likely N-dealkylation sites (tertiary alicyclic amines) is 1. The van der Waals surface area contributed by atoms with E-state index < -0.39 is 6.03 Å². The van der Waals surface area contributed by atoms with Gasteiger partial charge in [-0.3, -0.25) is 10.1 Å². The molecule has 57 heavy (non-hydrogen) atoms. The van der Waals surface area contributed by atoms with E-state index in [4.69, 9.17) is 14.9 Å². The Morgan fingerprint density at radius 2 is 1.65 bits per heavy atom. The fourth-order valence-corrected chi connectivity index (χ4v) is 6.63. The summed E-state index contributed by atoms with van der Waals surface area (Å²) in [5.74, 6) is 1.95. The number of aliphatic hydroxyl groups excluding tert-OH is 1. The lowest BCUT2D eigenvalue weighted by Crippen LogP contribution is -2.45. The van der Waals surface area contributed by atoms with Crippen LogP contribution in [0.25, 0.3) is 16.5 Å². The summed E-state index contributed by atoms with van der Waals surface area (Å²) in [6.07, 6.45) is 6.28. The summed E-state index contributed by atoms with van der Waals surface area (Å²) in [5.41, 5.74) is 4.36.